The number of benzene rings is 1. The molecule has 1 aromatic carbocycles. The van der Waals surface area contributed by atoms with Gasteiger partial charge in [-0.3, -0.25) is 9.78 Å². The average molecular weight is 471 g/mol. The maximum Gasteiger partial charge on any atom is 0.316 e. The van der Waals surface area contributed by atoms with E-state index in [1.165, 1.54) is 7.11 Å². The van der Waals surface area contributed by atoms with Gasteiger partial charge >= 0.3 is 6.03 Å². The maximum atomic E-state index is 14.9. The third-order valence-corrected chi connectivity index (χ3v) is 7.00. The van der Waals surface area contributed by atoms with E-state index in [4.69, 9.17) is 4.74 Å². The Kier molecular flexibility index (Phi) is 5.65. The fraction of sp³-hybridized carbons (Fsp3) is 0.480. The lowest BCUT2D eigenvalue weighted by molar-refractivity contribution is -0.129. The Bertz CT molecular complexity index is 1110. The number of methoxy groups -OCH3 is 1. The molecule has 1 aliphatic heterocycles. The van der Waals surface area contributed by atoms with E-state index in [2.05, 4.69) is 15.6 Å². The second kappa shape index (κ2) is 8.52. The summed E-state index contributed by atoms with van der Waals surface area (Å²) in [6, 6.07) is 6.22. The van der Waals surface area contributed by atoms with Crippen molar-refractivity contribution in [3.63, 3.8) is 0 Å². The second-order valence-corrected chi connectivity index (χ2v) is 9.62. The topological polar surface area (TPSA) is 83.6 Å². The van der Waals surface area contributed by atoms with Crippen molar-refractivity contribution in [1.29, 1.82) is 0 Å². The Morgan fingerprint density at radius 3 is 2.53 bits per heavy atom. The normalized spacial score (nSPS) is 23.1. The summed E-state index contributed by atoms with van der Waals surface area (Å²) in [7, 11) is 1.33. The van der Waals surface area contributed by atoms with E-state index in [1.54, 1.807) is 4.90 Å². The molecule has 1 saturated heterocycles. The zero-order chi connectivity index (χ0) is 24.0. The molecule has 2 heterocycles. The SMILES string of the molecule is COc1cc(F)c([C@@H]2CN(CC3CC3)C(=O)[C@H]2NC(=O)NC2(c3cccc(C)n3)CC2)c(F)c1. The first-order valence-electron chi connectivity index (χ1n) is 11.6. The number of hydrogen-bond donors (Lipinski definition) is 2. The quantitative estimate of drug-likeness (QED) is 0.650. The summed E-state index contributed by atoms with van der Waals surface area (Å²) < 4.78 is 34.8. The molecule has 1 aromatic heterocycles. The fourth-order valence-corrected chi connectivity index (χ4v) is 4.81. The van der Waals surface area contributed by atoms with E-state index in [-0.39, 0.29) is 23.8 Å². The smallest absolute Gasteiger partial charge is 0.316 e. The van der Waals surface area contributed by atoms with Crippen LogP contribution in [0.4, 0.5) is 13.6 Å². The van der Waals surface area contributed by atoms with Crippen LogP contribution in [0.2, 0.25) is 0 Å². The van der Waals surface area contributed by atoms with E-state index in [1.807, 2.05) is 25.1 Å². The first-order chi connectivity index (χ1) is 16.3. The number of nitrogens with one attached hydrogen (secondary N) is 2. The summed E-state index contributed by atoms with van der Waals surface area (Å²) in [6.07, 6.45) is 3.53. The molecule has 3 amide bonds. The molecule has 9 heteroatoms. The van der Waals surface area contributed by atoms with Gasteiger partial charge in [0.25, 0.3) is 0 Å². The number of ether oxygens (including phenoxy) is 1. The third kappa shape index (κ3) is 4.31. The molecule has 3 aliphatic rings. The van der Waals surface area contributed by atoms with E-state index < -0.39 is 35.2 Å². The van der Waals surface area contributed by atoms with Crippen LogP contribution < -0.4 is 15.4 Å². The number of pyridine rings is 1. The fourth-order valence-electron chi connectivity index (χ4n) is 4.81. The van der Waals surface area contributed by atoms with E-state index in [0.717, 1.165) is 49.2 Å². The molecule has 2 atom stereocenters. The second-order valence-electron chi connectivity index (χ2n) is 9.62. The lowest BCUT2D eigenvalue weighted by Crippen LogP contribution is -2.50. The number of nitrogens with zero attached hydrogens (tertiary/aromatic N) is 2. The van der Waals surface area contributed by atoms with Gasteiger partial charge in [-0.1, -0.05) is 6.07 Å². The summed E-state index contributed by atoms with van der Waals surface area (Å²) in [6.45, 7) is 2.56. The van der Waals surface area contributed by atoms with Gasteiger partial charge in [0.1, 0.15) is 23.4 Å². The largest absolute Gasteiger partial charge is 0.497 e. The molecule has 0 bridgehead atoms. The highest BCUT2D eigenvalue weighted by atomic mass is 19.1. The van der Waals surface area contributed by atoms with Gasteiger partial charge in [0.2, 0.25) is 5.91 Å². The van der Waals surface area contributed by atoms with Gasteiger partial charge in [0.05, 0.1) is 18.3 Å². The Morgan fingerprint density at radius 1 is 1.24 bits per heavy atom. The van der Waals surface area contributed by atoms with Crippen molar-refractivity contribution >= 4 is 11.9 Å². The molecule has 0 radical (unpaired) electrons. The number of amides is 3. The van der Waals surface area contributed by atoms with Crippen LogP contribution in [0, 0.1) is 24.5 Å². The standard InChI is InChI=1S/C25H28F2N4O3/c1-14-4-3-5-20(28-14)25(8-9-25)30-24(33)29-22-17(13-31(23(22)32)12-15-6-7-15)21-18(26)10-16(34-2)11-19(21)27/h3-5,10-11,15,17,22H,6-9,12-13H2,1-2H3,(H2,29,30,33)/t17-,22-/m0/s1. The van der Waals surface area contributed by atoms with Gasteiger partial charge in [-0.25, -0.2) is 13.6 Å². The molecule has 3 fully saturated rings. The lowest BCUT2D eigenvalue weighted by Gasteiger charge is -2.23. The summed E-state index contributed by atoms with van der Waals surface area (Å²) in [4.78, 5) is 32.4. The van der Waals surface area contributed by atoms with Crippen molar-refractivity contribution in [2.24, 2.45) is 5.92 Å². The van der Waals surface area contributed by atoms with Gasteiger partial charge in [-0.05, 0) is 50.7 Å². The van der Waals surface area contributed by atoms with Gasteiger partial charge in [-0.15, -0.1) is 0 Å². The van der Waals surface area contributed by atoms with Gasteiger partial charge in [-0.2, -0.15) is 0 Å². The molecule has 2 saturated carbocycles. The van der Waals surface area contributed by atoms with E-state index in [9.17, 15) is 18.4 Å². The number of aryl methyl sites for hydroxylation is 1. The minimum Gasteiger partial charge on any atom is -0.497 e. The molecule has 2 N–H and O–H groups in total. The van der Waals surface area contributed by atoms with Gasteiger partial charge in [0.15, 0.2) is 0 Å². The highest BCUT2D eigenvalue weighted by Crippen LogP contribution is 2.44. The van der Waals surface area contributed by atoms with E-state index >= 15 is 0 Å². The summed E-state index contributed by atoms with van der Waals surface area (Å²) >= 11 is 0. The summed E-state index contributed by atoms with van der Waals surface area (Å²) in [5, 5.41) is 5.69. The van der Waals surface area contributed by atoms with Crippen molar-refractivity contribution < 1.29 is 23.1 Å². The molecule has 0 unspecified atom stereocenters. The molecule has 5 rings (SSSR count). The minimum atomic E-state index is -1.07. The number of rotatable bonds is 7. The predicted molar refractivity (Wildman–Crippen MR) is 120 cm³/mol. The highest BCUT2D eigenvalue weighted by Gasteiger charge is 2.49. The van der Waals surface area contributed by atoms with Crippen molar-refractivity contribution in [3.8, 4) is 5.75 Å². The number of carbonyl (C=O) groups is 2. The summed E-state index contributed by atoms with van der Waals surface area (Å²) in [5.41, 5.74) is 0.814. The minimum absolute atomic E-state index is 0.0569. The molecule has 34 heavy (non-hydrogen) atoms. The Hall–Kier alpha value is -3.23. The van der Waals surface area contributed by atoms with Crippen LogP contribution in [0.5, 0.6) is 5.75 Å². The maximum absolute atomic E-state index is 14.9. The molecular formula is C25H28F2N4O3. The molecule has 0 spiro atoms. The van der Waals surface area contributed by atoms with Crippen LogP contribution in [0.15, 0.2) is 30.3 Å². The highest BCUT2D eigenvalue weighted by molar-refractivity contribution is 5.90. The zero-order valence-electron chi connectivity index (χ0n) is 19.2. The number of urea groups is 1. The molecular weight excluding hydrogens is 442 g/mol. The molecule has 180 valence electrons. The monoisotopic (exact) mass is 470 g/mol. The number of hydrogen-bond acceptors (Lipinski definition) is 4. The first kappa shape index (κ1) is 22.6. The number of aromatic nitrogens is 1. The van der Waals surface area contributed by atoms with Crippen molar-refractivity contribution in [3.05, 3.63) is 58.9 Å². The first-order valence-corrected chi connectivity index (χ1v) is 11.6. The van der Waals surface area contributed by atoms with Crippen molar-refractivity contribution in [1.82, 2.24) is 20.5 Å². The van der Waals surface area contributed by atoms with Crippen LogP contribution >= 0.6 is 0 Å². The Balaban J connectivity index is 1.38. The van der Waals surface area contributed by atoms with Crippen molar-refractivity contribution in [2.45, 2.75) is 50.1 Å². The average Bonchev–Trinajstić information content (AvgIpc) is 3.72. The predicted octanol–water partition coefficient (Wildman–Crippen LogP) is 3.37. The number of carbonyl (C=O) groups excluding carboxylic acids is 2. The Morgan fingerprint density at radius 2 is 1.94 bits per heavy atom. The van der Waals surface area contributed by atoms with Gasteiger partial charge in [0, 0.05) is 42.4 Å². The number of likely N-dealkylation sites (tertiary alicyclic amines) is 1. The van der Waals surface area contributed by atoms with E-state index in [0.29, 0.717) is 12.5 Å². The van der Waals surface area contributed by atoms with Crippen LogP contribution in [0.1, 0.15) is 48.6 Å². The van der Waals surface area contributed by atoms with Crippen LogP contribution in [0.3, 0.4) is 0 Å². The molecule has 2 aliphatic carbocycles. The summed E-state index contributed by atoms with van der Waals surface area (Å²) in [5.74, 6) is -2.29. The zero-order valence-corrected chi connectivity index (χ0v) is 19.2. The third-order valence-electron chi connectivity index (χ3n) is 7.00. The number of halogens is 2. The van der Waals surface area contributed by atoms with Crippen LogP contribution in [-0.4, -0.2) is 48.1 Å². The van der Waals surface area contributed by atoms with Crippen LogP contribution in [-0.2, 0) is 10.3 Å². The van der Waals surface area contributed by atoms with Gasteiger partial charge < -0.3 is 20.3 Å². The molecule has 2 aromatic rings. The van der Waals surface area contributed by atoms with Crippen LogP contribution in [0.25, 0.3) is 0 Å². The molecule has 7 nitrogen and oxygen atoms in total. The lowest BCUT2D eigenvalue weighted by atomic mass is 9.92. The van der Waals surface area contributed by atoms with Crippen molar-refractivity contribution in [2.75, 3.05) is 20.2 Å². The Labute approximate surface area is 196 Å².